The van der Waals surface area contributed by atoms with Crippen LogP contribution in [0.25, 0.3) is 0 Å². The maximum Gasteiger partial charge on any atom is 0.228 e. The summed E-state index contributed by atoms with van der Waals surface area (Å²) in [6.45, 7) is 1.94. The molecule has 2 aliphatic heterocycles. The van der Waals surface area contributed by atoms with Crippen molar-refractivity contribution in [2.75, 3.05) is 18.5 Å². The number of imidazole rings is 1. The van der Waals surface area contributed by atoms with Gasteiger partial charge in [-0.05, 0) is 18.6 Å². The highest BCUT2D eigenvalue weighted by Gasteiger charge is 2.25. The molecule has 6 nitrogen and oxygen atoms in total. The van der Waals surface area contributed by atoms with E-state index in [2.05, 4.69) is 14.9 Å². The number of benzene rings is 1. The van der Waals surface area contributed by atoms with Gasteiger partial charge in [0.2, 0.25) is 5.91 Å². The maximum absolute atomic E-state index is 12.4. The number of amides is 1. The third kappa shape index (κ3) is 2.41. The molecular formula is C16H17N3O3. The molecule has 1 aromatic carbocycles. The maximum atomic E-state index is 12.4. The van der Waals surface area contributed by atoms with E-state index in [9.17, 15) is 4.79 Å². The minimum atomic E-state index is -0.0388. The second kappa shape index (κ2) is 5.36. The first-order valence-electron chi connectivity index (χ1n) is 7.50. The average Bonchev–Trinajstić information content (AvgIpc) is 3.02. The van der Waals surface area contributed by atoms with Crippen LogP contribution < -0.4 is 14.8 Å². The number of hydrogen-bond acceptors (Lipinski definition) is 4. The molecule has 0 spiro atoms. The number of nitrogens with zero attached hydrogens (tertiary/aromatic N) is 2. The molecule has 2 aliphatic rings. The Morgan fingerprint density at radius 3 is 3.05 bits per heavy atom. The molecule has 0 saturated carbocycles. The Balaban J connectivity index is 1.46. The average molecular weight is 299 g/mol. The van der Waals surface area contributed by atoms with E-state index in [1.54, 1.807) is 6.20 Å². The van der Waals surface area contributed by atoms with Gasteiger partial charge in [-0.2, -0.15) is 0 Å². The van der Waals surface area contributed by atoms with Crippen molar-refractivity contribution in [2.45, 2.75) is 19.4 Å². The number of anilines is 1. The molecule has 0 saturated heterocycles. The normalized spacial score (nSPS) is 19.4. The van der Waals surface area contributed by atoms with Crippen LogP contribution in [-0.2, 0) is 17.8 Å². The summed E-state index contributed by atoms with van der Waals surface area (Å²) in [7, 11) is 0. The Kier molecular flexibility index (Phi) is 3.21. The van der Waals surface area contributed by atoms with E-state index in [0.29, 0.717) is 25.4 Å². The Bertz CT molecular complexity index is 710. The van der Waals surface area contributed by atoms with Gasteiger partial charge in [0.25, 0.3) is 0 Å². The number of fused-ring (bicyclic) bond motifs is 2. The molecule has 1 unspecified atom stereocenters. The number of nitrogens with one attached hydrogen (secondary N) is 1. The van der Waals surface area contributed by atoms with Crippen molar-refractivity contribution in [3.63, 3.8) is 0 Å². The van der Waals surface area contributed by atoms with Gasteiger partial charge in [-0.15, -0.1) is 0 Å². The van der Waals surface area contributed by atoms with Crippen LogP contribution in [0, 0.1) is 5.92 Å². The van der Waals surface area contributed by atoms with Crippen LogP contribution in [0.5, 0.6) is 11.5 Å². The number of carbonyl (C=O) groups is 1. The highest BCUT2D eigenvalue weighted by Crippen LogP contribution is 2.33. The summed E-state index contributed by atoms with van der Waals surface area (Å²) in [5.74, 6) is 2.38. The van der Waals surface area contributed by atoms with Gasteiger partial charge < -0.3 is 19.4 Å². The van der Waals surface area contributed by atoms with Crippen molar-refractivity contribution < 1.29 is 14.3 Å². The summed E-state index contributed by atoms with van der Waals surface area (Å²) >= 11 is 0. The predicted molar refractivity (Wildman–Crippen MR) is 80.1 cm³/mol. The zero-order valence-corrected chi connectivity index (χ0v) is 12.1. The Hall–Kier alpha value is -2.50. The highest BCUT2D eigenvalue weighted by atomic mass is 16.6. The zero-order valence-electron chi connectivity index (χ0n) is 12.1. The molecular weight excluding hydrogens is 282 g/mol. The van der Waals surface area contributed by atoms with Gasteiger partial charge in [-0.3, -0.25) is 4.79 Å². The summed E-state index contributed by atoms with van der Waals surface area (Å²) < 4.78 is 13.1. The lowest BCUT2D eigenvalue weighted by molar-refractivity contribution is -0.120. The molecule has 0 bridgehead atoms. The van der Waals surface area contributed by atoms with Crippen LogP contribution >= 0.6 is 0 Å². The molecule has 1 atom stereocenters. The second-order valence-corrected chi connectivity index (χ2v) is 5.57. The fraction of sp³-hybridized carbons (Fsp3) is 0.375. The lowest BCUT2D eigenvalue weighted by Crippen LogP contribution is -2.30. The number of rotatable bonds is 2. The third-order valence-corrected chi connectivity index (χ3v) is 4.13. The summed E-state index contributed by atoms with van der Waals surface area (Å²) in [4.78, 5) is 16.7. The summed E-state index contributed by atoms with van der Waals surface area (Å²) in [5.41, 5.74) is 0.739. The largest absolute Gasteiger partial charge is 0.486 e. The molecule has 2 aromatic rings. The molecule has 0 aliphatic carbocycles. The van der Waals surface area contributed by atoms with Crippen LogP contribution in [0.1, 0.15) is 12.2 Å². The molecule has 0 radical (unpaired) electrons. The van der Waals surface area contributed by atoms with Crippen molar-refractivity contribution in [3.05, 3.63) is 36.4 Å². The van der Waals surface area contributed by atoms with E-state index in [0.717, 1.165) is 30.2 Å². The van der Waals surface area contributed by atoms with Crippen molar-refractivity contribution in [2.24, 2.45) is 5.92 Å². The first-order valence-corrected chi connectivity index (χ1v) is 7.50. The van der Waals surface area contributed by atoms with Gasteiger partial charge in [0.05, 0.1) is 0 Å². The topological polar surface area (TPSA) is 65.4 Å². The Morgan fingerprint density at radius 2 is 2.14 bits per heavy atom. The van der Waals surface area contributed by atoms with Crippen molar-refractivity contribution in [1.29, 1.82) is 0 Å². The van der Waals surface area contributed by atoms with E-state index in [1.807, 2.05) is 24.4 Å². The van der Waals surface area contributed by atoms with Gasteiger partial charge in [-0.25, -0.2) is 4.98 Å². The molecule has 22 heavy (non-hydrogen) atoms. The number of carbonyl (C=O) groups excluding carboxylic acids is 1. The summed E-state index contributed by atoms with van der Waals surface area (Å²) in [5, 5.41) is 2.97. The van der Waals surface area contributed by atoms with Crippen molar-refractivity contribution in [3.8, 4) is 11.5 Å². The molecule has 0 fully saturated rings. The van der Waals surface area contributed by atoms with Crippen LogP contribution in [0.3, 0.4) is 0 Å². The third-order valence-electron chi connectivity index (χ3n) is 4.13. The summed E-state index contributed by atoms with van der Waals surface area (Å²) in [6.07, 6.45) is 5.27. The SMILES string of the molecule is O=C(Nc1ccc2c(c1)OCCO2)C1CCn2ccnc2C1. The van der Waals surface area contributed by atoms with E-state index in [1.165, 1.54) is 0 Å². The van der Waals surface area contributed by atoms with Gasteiger partial charge >= 0.3 is 0 Å². The molecule has 3 heterocycles. The molecule has 1 aromatic heterocycles. The predicted octanol–water partition coefficient (Wildman–Crippen LogP) is 1.86. The molecule has 1 N–H and O–H groups in total. The van der Waals surface area contributed by atoms with Gasteiger partial charge in [0, 0.05) is 43.0 Å². The van der Waals surface area contributed by atoms with E-state index in [4.69, 9.17) is 9.47 Å². The quantitative estimate of drug-likeness (QED) is 0.919. The first-order chi connectivity index (χ1) is 10.8. The van der Waals surface area contributed by atoms with Gasteiger partial charge in [-0.1, -0.05) is 0 Å². The number of hydrogen-bond donors (Lipinski definition) is 1. The van der Waals surface area contributed by atoms with Crippen molar-refractivity contribution >= 4 is 11.6 Å². The fourth-order valence-corrected chi connectivity index (χ4v) is 2.94. The monoisotopic (exact) mass is 299 g/mol. The van der Waals surface area contributed by atoms with Gasteiger partial charge in [0.15, 0.2) is 11.5 Å². The van der Waals surface area contributed by atoms with E-state index >= 15 is 0 Å². The highest BCUT2D eigenvalue weighted by molar-refractivity contribution is 5.93. The van der Waals surface area contributed by atoms with E-state index in [-0.39, 0.29) is 11.8 Å². The number of aromatic nitrogens is 2. The first kappa shape index (κ1) is 13.2. The Labute approximate surface area is 128 Å². The van der Waals surface area contributed by atoms with Crippen LogP contribution in [-0.4, -0.2) is 28.7 Å². The lowest BCUT2D eigenvalue weighted by Gasteiger charge is -2.23. The molecule has 6 heteroatoms. The zero-order chi connectivity index (χ0) is 14.9. The fourth-order valence-electron chi connectivity index (χ4n) is 2.94. The molecule has 1 amide bonds. The number of aryl methyl sites for hydroxylation is 1. The van der Waals surface area contributed by atoms with E-state index < -0.39 is 0 Å². The van der Waals surface area contributed by atoms with Gasteiger partial charge in [0.1, 0.15) is 19.0 Å². The second-order valence-electron chi connectivity index (χ2n) is 5.57. The summed E-state index contributed by atoms with van der Waals surface area (Å²) in [6, 6.07) is 5.49. The number of ether oxygens (including phenoxy) is 2. The van der Waals surface area contributed by atoms with Crippen LogP contribution in [0.4, 0.5) is 5.69 Å². The Morgan fingerprint density at radius 1 is 1.27 bits per heavy atom. The lowest BCUT2D eigenvalue weighted by atomic mass is 9.97. The van der Waals surface area contributed by atoms with Crippen molar-refractivity contribution in [1.82, 2.24) is 9.55 Å². The minimum absolute atomic E-state index is 0.0333. The minimum Gasteiger partial charge on any atom is -0.486 e. The smallest absolute Gasteiger partial charge is 0.228 e. The van der Waals surface area contributed by atoms with Crippen LogP contribution in [0.15, 0.2) is 30.6 Å². The molecule has 114 valence electrons. The standard InChI is InChI=1S/C16H17N3O3/c20-16(11-3-5-19-6-4-17-15(19)9-11)18-12-1-2-13-14(10-12)22-8-7-21-13/h1-2,4,6,10-11H,3,5,7-9H2,(H,18,20). The van der Waals surface area contributed by atoms with Crippen LogP contribution in [0.2, 0.25) is 0 Å². The molecule has 4 rings (SSSR count).